The molecule has 0 unspecified atom stereocenters. The van der Waals surface area contributed by atoms with Crippen molar-refractivity contribution in [3.8, 4) is 5.75 Å². The van der Waals surface area contributed by atoms with Gasteiger partial charge >= 0.3 is 6.36 Å². The molecule has 1 atom stereocenters. The molecule has 17 heavy (non-hydrogen) atoms. The van der Waals surface area contributed by atoms with Crippen molar-refractivity contribution in [2.24, 2.45) is 5.73 Å². The number of halogens is 4. The molecule has 0 heterocycles. The van der Waals surface area contributed by atoms with E-state index in [2.05, 4.69) is 4.74 Å². The van der Waals surface area contributed by atoms with E-state index >= 15 is 0 Å². The zero-order chi connectivity index (χ0) is 12.2. The lowest BCUT2D eigenvalue weighted by molar-refractivity contribution is -0.274. The van der Waals surface area contributed by atoms with Crippen molar-refractivity contribution >= 4 is 12.4 Å². The lowest BCUT2D eigenvalue weighted by Gasteiger charge is -2.12. The Morgan fingerprint density at radius 2 is 1.76 bits per heavy atom. The summed E-state index contributed by atoms with van der Waals surface area (Å²) in [4.78, 5) is 0. The van der Waals surface area contributed by atoms with E-state index in [1.54, 1.807) is 0 Å². The van der Waals surface area contributed by atoms with E-state index in [4.69, 9.17) is 10.8 Å². The molecule has 98 valence electrons. The molecule has 3 N–H and O–H groups in total. The molecule has 3 nitrogen and oxygen atoms in total. The monoisotopic (exact) mass is 271 g/mol. The van der Waals surface area contributed by atoms with Gasteiger partial charge in [-0.15, -0.1) is 25.6 Å². The minimum absolute atomic E-state index is 0. The highest BCUT2D eigenvalue weighted by Crippen LogP contribution is 2.24. The minimum Gasteiger partial charge on any atom is -0.406 e. The summed E-state index contributed by atoms with van der Waals surface area (Å²) in [5.74, 6) is -0.285. The molecule has 1 aromatic rings. The molecule has 0 radical (unpaired) electrons. The van der Waals surface area contributed by atoms with Crippen LogP contribution in [0.3, 0.4) is 0 Å². The van der Waals surface area contributed by atoms with E-state index in [1.165, 1.54) is 24.3 Å². The summed E-state index contributed by atoms with van der Waals surface area (Å²) < 4.78 is 39.2. The van der Waals surface area contributed by atoms with Crippen molar-refractivity contribution in [2.75, 3.05) is 6.61 Å². The first kappa shape index (κ1) is 16.0. The minimum atomic E-state index is -4.69. The van der Waals surface area contributed by atoms with Gasteiger partial charge in [0.1, 0.15) is 5.75 Å². The molecule has 0 spiro atoms. The summed E-state index contributed by atoms with van der Waals surface area (Å²) >= 11 is 0. The third kappa shape index (κ3) is 5.76. The first-order valence-corrected chi connectivity index (χ1v) is 4.64. The Hall–Kier alpha value is -0.980. The highest BCUT2D eigenvalue weighted by atomic mass is 35.5. The number of alkyl halides is 3. The zero-order valence-electron chi connectivity index (χ0n) is 8.78. The van der Waals surface area contributed by atoms with Gasteiger partial charge in [0.2, 0.25) is 0 Å². The molecule has 0 aliphatic heterocycles. The lowest BCUT2D eigenvalue weighted by Crippen LogP contribution is -2.17. The Morgan fingerprint density at radius 1 is 1.24 bits per heavy atom. The molecule has 1 rings (SSSR count). The zero-order valence-corrected chi connectivity index (χ0v) is 9.59. The molecule has 0 fully saturated rings. The van der Waals surface area contributed by atoms with Crippen molar-refractivity contribution in [3.63, 3.8) is 0 Å². The van der Waals surface area contributed by atoms with Gasteiger partial charge in [0.05, 0.1) is 0 Å². The Kier molecular flexibility index (Phi) is 6.30. The van der Waals surface area contributed by atoms with Crippen LogP contribution in [0.1, 0.15) is 18.0 Å². The topological polar surface area (TPSA) is 55.5 Å². The standard InChI is InChI=1S/C10H12F3NO2.ClH/c11-10(12,13)16-8-3-1-7(2-4-8)9(14)5-6-15;/h1-4,9,15H,5-6,14H2;1H/t9-;/m1./s1. The number of ether oxygens (including phenoxy) is 1. The molecule has 0 amide bonds. The van der Waals surface area contributed by atoms with Crippen LogP contribution < -0.4 is 10.5 Å². The van der Waals surface area contributed by atoms with Crippen LogP contribution in [0, 0.1) is 0 Å². The first-order valence-electron chi connectivity index (χ1n) is 4.64. The number of rotatable bonds is 4. The Labute approximate surface area is 103 Å². The number of nitrogens with two attached hydrogens (primary N) is 1. The number of aliphatic hydroxyl groups is 1. The summed E-state index contributed by atoms with van der Waals surface area (Å²) in [6.45, 7) is -0.0675. The molecular weight excluding hydrogens is 259 g/mol. The third-order valence-electron chi connectivity index (χ3n) is 1.98. The average molecular weight is 272 g/mol. The summed E-state index contributed by atoms with van der Waals surface area (Å²) in [5, 5.41) is 8.65. The van der Waals surface area contributed by atoms with E-state index < -0.39 is 6.36 Å². The first-order chi connectivity index (χ1) is 7.42. The van der Waals surface area contributed by atoms with Gasteiger partial charge in [-0.2, -0.15) is 0 Å². The van der Waals surface area contributed by atoms with E-state index in [9.17, 15) is 13.2 Å². The maximum Gasteiger partial charge on any atom is 0.573 e. The highest BCUT2D eigenvalue weighted by molar-refractivity contribution is 5.85. The molecular formula is C10H13ClF3NO2. The maximum absolute atomic E-state index is 11.8. The van der Waals surface area contributed by atoms with Crippen LogP contribution >= 0.6 is 12.4 Å². The molecule has 0 saturated carbocycles. The lowest BCUT2D eigenvalue weighted by atomic mass is 10.1. The summed E-state index contributed by atoms with van der Waals surface area (Å²) in [5.41, 5.74) is 6.32. The fourth-order valence-electron chi connectivity index (χ4n) is 1.22. The predicted octanol–water partition coefficient (Wildman–Crippen LogP) is 2.39. The quantitative estimate of drug-likeness (QED) is 0.884. The smallest absolute Gasteiger partial charge is 0.406 e. The second-order valence-corrected chi connectivity index (χ2v) is 3.24. The van der Waals surface area contributed by atoms with Crippen molar-refractivity contribution in [1.29, 1.82) is 0 Å². The number of hydrogen-bond acceptors (Lipinski definition) is 3. The van der Waals surface area contributed by atoms with E-state index in [0.717, 1.165) is 0 Å². The molecule has 0 aromatic heterocycles. The van der Waals surface area contributed by atoms with Crippen LogP contribution in [0.2, 0.25) is 0 Å². The van der Waals surface area contributed by atoms with Gasteiger partial charge in [-0.25, -0.2) is 0 Å². The van der Waals surface area contributed by atoms with Crippen LogP contribution in [0.15, 0.2) is 24.3 Å². The Balaban J connectivity index is 0.00000256. The van der Waals surface area contributed by atoms with Gasteiger partial charge in [-0.05, 0) is 24.1 Å². The average Bonchev–Trinajstić information content (AvgIpc) is 2.16. The van der Waals surface area contributed by atoms with Crippen molar-refractivity contribution < 1.29 is 23.0 Å². The van der Waals surface area contributed by atoms with Gasteiger partial charge in [0, 0.05) is 12.6 Å². The van der Waals surface area contributed by atoms with E-state index in [1.807, 2.05) is 0 Å². The second kappa shape index (κ2) is 6.68. The van der Waals surface area contributed by atoms with Gasteiger partial charge in [0.15, 0.2) is 0 Å². The van der Waals surface area contributed by atoms with Crippen LogP contribution in [0.4, 0.5) is 13.2 Å². The predicted molar refractivity (Wildman–Crippen MR) is 59.0 cm³/mol. The number of aliphatic hydroxyl groups excluding tert-OH is 1. The molecule has 7 heteroatoms. The fraction of sp³-hybridized carbons (Fsp3) is 0.400. The molecule has 0 aliphatic carbocycles. The molecule has 1 aromatic carbocycles. The van der Waals surface area contributed by atoms with Crippen molar-refractivity contribution in [2.45, 2.75) is 18.8 Å². The Morgan fingerprint density at radius 3 is 2.18 bits per heavy atom. The Bertz CT molecular complexity index is 329. The molecule has 0 bridgehead atoms. The summed E-state index contributed by atoms with van der Waals surface area (Å²) in [6, 6.07) is 4.90. The van der Waals surface area contributed by atoms with Crippen LogP contribution in [0.25, 0.3) is 0 Å². The van der Waals surface area contributed by atoms with Crippen LogP contribution in [-0.2, 0) is 0 Å². The third-order valence-corrected chi connectivity index (χ3v) is 1.98. The van der Waals surface area contributed by atoms with Gasteiger partial charge in [-0.1, -0.05) is 12.1 Å². The maximum atomic E-state index is 11.8. The number of benzene rings is 1. The molecule has 0 saturated heterocycles. The van der Waals surface area contributed by atoms with Gasteiger partial charge in [-0.3, -0.25) is 0 Å². The van der Waals surface area contributed by atoms with Crippen LogP contribution in [0.5, 0.6) is 5.75 Å². The van der Waals surface area contributed by atoms with Crippen molar-refractivity contribution in [1.82, 2.24) is 0 Å². The highest BCUT2D eigenvalue weighted by Gasteiger charge is 2.30. The second-order valence-electron chi connectivity index (χ2n) is 3.24. The van der Waals surface area contributed by atoms with E-state index in [-0.39, 0.29) is 30.8 Å². The number of hydrogen-bond donors (Lipinski definition) is 2. The van der Waals surface area contributed by atoms with Gasteiger partial charge in [0.25, 0.3) is 0 Å². The normalized spacial score (nSPS) is 12.8. The fourth-order valence-corrected chi connectivity index (χ4v) is 1.22. The molecule has 0 aliphatic rings. The SMILES string of the molecule is Cl.N[C@H](CCO)c1ccc(OC(F)(F)F)cc1. The van der Waals surface area contributed by atoms with E-state index in [0.29, 0.717) is 12.0 Å². The summed E-state index contributed by atoms with van der Waals surface area (Å²) in [6.07, 6.45) is -4.33. The van der Waals surface area contributed by atoms with Crippen molar-refractivity contribution in [3.05, 3.63) is 29.8 Å². The summed E-state index contributed by atoms with van der Waals surface area (Å²) in [7, 11) is 0. The van der Waals surface area contributed by atoms with Crippen LogP contribution in [-0.4, -0.2) is 18.1 Å². The largest absolute Gasteiger partial charge is 0.573 e. The van der Waals surface area contributed by atoms with Gasteiger partial charge < -0.3 is 15.6 Å².